The Morgan fingerprint density at radius 1 is 1.14 bits per heavy atom. The van der Waals surface area contributed by atoms with Crippen molar-refractivity contribution < 1.29 is 23.9 Å². The van der Waals surface area contributed by atoms with Crippen LogP contribution >= 0.6 is 11.6 Å². The fourth-order valence-electron chi connectivity index (χ4n) is 4.84. The van der Waals surface area contributed by atoms with E-state index in [0.717, 1.165) is 31.6 Å². The summed E-state index contributed by atoms with van der Waals surface area (Å²) in [5.41, 5.74) is 3.23. The van der Waals surface area contributed by atoms with Crippen molar-refractivity contribution in [3.05, 3.63) is 45.7 Å². The molecule has 0 spiro atoms. The molecular weight excluding hydrogens is 498 g/mol. The van der Waals surface area contributed by atoms with Gasteiger partial charge in [-0.25, -0.2) is 0 Å². The van der Waals surface area contributed by atoms with Crippen LogP contribution in [0.5, 0.6) is 5.75 Å². The number of nitrogens with one attached hydrogen (secondary N) is 4. The van der Waals surface area contributed by atoms with Gasteiger partial charge in [0.15, 0.2) is 6.10 Å². The molecule has 0 aliphatic carbocycles. The number of carbonyl (C=O) groups excluding carboxylic acids is 3. The number of aromatic nitrogens is 1. The molecule has 1 atom stereocenters. The molecule has 37 heavy (non-hydrogen) atoms. The molecule has 2 bridgehead atoms. The number of likely N-dealkylation sites (N-methyl/N-ethyl adjacent to an activating group) is 1. The van der Waals surface area contributed by atoms with Crippen molar-refractivity contribution in [2.75, 3.05) is 45.2 Å². The van der Waals surface area contributed by atoms with Crippen LogP contribution in [0, 0.1) is 6.92 Å². The van der Waals surface area contributed by atoms with Crippen LogP contribution in [0.1, 0.15) is 40.2 Å². The molecule has 1 aromatic carbocycles. The quantitative estimate of drug-likeness (QED) is 0.474. The van der Waals surface area contributed by atoms with E-state index in [4.69, 9.17) is 21.1 Å². The molecule has 1 saturated heterocycles. The van der Waals surface area contributed by atoms with E-state index in [1.165, 1.54) is 4.90 Å². The highest BCUT2D eigenvalue weighted by molar-refractivity contribution is 6.37. The Labute approximate surface area is 219 Å². The molecule has 3 aliphatic heterocycles. The molecule has 1 aromatic heterocycles. The molecular formula is C26H30ClN5O5. The number of piperidine rings is 1. The van der Waals surface area contributed by atoms with Crippen molar-refractivity contribution in [2.45, 2.75) is 31.9 Å². The zero-order valence-electron chi connectivity index (χ0n) is 20.8. The Morgan fingerprint density at radius 3 is 2.70 bits per heavy atom. The molecule has 3 aliphatic rings. The van der Waals surface area contributed by atoms with Crippen LogP contribution in [0.25, 0.3) is 11.6 Å². The van der Waals surface area contributed by atoms with Crippen LogP contribution in [0.2, 0.25) is 5.02 Å². The van der Waals surface area contributed by atoms with E-state index in [1.54, 1.807) is 31.3 Å². The van der Waals surface area contributed by atoms with Gasteiger partial charge in [-0.2, -0.15) is 0 Å². The summed E-state index contributed by atoms with van der Waals surface area (Å²) in [5, 5.41) is 9.50. The van der Waals surface area contributed by atoms with E-state index in [2.05, 4.69) is 20.9 Å². The first-order valence-electron chi connectivity index (χ1n) is 12.4. The maximum absolute atomic E-state index is 13.5. The Kier molecular flexibility index (Phi) is 7.23. The number of H-pyrrole nitrogens is 1. The molecule has 0 unspecified atom stereocenters. The van der Waals surface area contributed by atoms with Gasteiger partial charge in [0.25, 0.3) is 17.7 Å². The summed E-state index contributed by atoms with van der Waals surface area (Å²) in [7, 11) is 1.63. The number of halogens is 1. The second kappa shape index (κ2) is 10.6. The number of aryl methyl sites for hydroxylation is 1. The van der Waals surface area contributed by atoms with Crippen LogP contribution < -0.4 is 20.7 Å². The second-order valence-electron chi connectivity index (χ2n) is 9.55. The molecule has 10 nitrogen and oxygen atoms in total. The molecule has 2 aromatic rings. The maximum Gasteiger partial charge on any atom is 0.256 e. The van der Waals surface area contributed by atoms with Gasteiger partial charge < -0.3 is 35.3 Å². The number of hydrogen-bond donors (Lipinski definition) is 4. The number of hydrogen-bond acceptors (Lipinski definition) is 6. The highest BCUT2D eigenvalue weighted by Gasteiger charge is 2.30. The Hall–Kier alpha value is -3.34. The predicted octanol–water partition coefficient (Wildman–Crippen LogP) is 2.19. The molecule has 1 fully saturated rings. The molecule has 4 N–H and O–H groups in total. The van der Waals surface area contributed by atoms with Gasteiger partial charge >= 0.3 is 0 Å². The van der Waals surface area contributed by atoms with E-state index in [1.807, 2.05) is 6.92 Å². The van der Waals surface area contributed by atoms with Crippen molar-refractivity contribution in [1.29, 1.82) is 0 Å². The third-order valence-electron chi connectivity index (χ3n) is 6.78. The predicted molar refractivity (Wildman–Crippen MR) is 140 cm³/mol. The number of fused-ring (bicyclic) bond motifs is 2. The number of aromatic amines is 1. The van der Waals surface area contributed by atoms with E-state index in [-0.39, 0.29) is 43.5 Å². The van der Waals surface area contributed by atoms with Crippen LogP contribution in [-0.2, 0) is 14.3 Å². The highest BCUT2D eigenvalue weighted by atomic mass is 35.5. The van der Waals surface area contributed by atoms with Gasteiger partial charge in [0.2, 0.25) is 0 Å². The van der Waals surface area contributed by atoms with Gasteiger partial charge in [0.1, 0.15) is 12.4 Å². The van der Waals surface area contributed by atoms with Gasteiger partial charge in [0, 0.05) is 24.3 Å². The Morgan fingerprint density at radius 2 is 1.92 bits per heavy atom. The molecule has 5 rings (SSSR count). The summed E-state index contributed by atoms with van der Waals surface area (Å²) in [4.78, 5) is 44.1. The lowest BCUT2D eigenvalue weighted by Crippen LogP contribution is -2.50. The number of rotatable bonds is 2. The number of ether oxygens (including phenoxy) is 2. The number of benzene rings is 1. The fraction of sp³-hybridized carbons (Fsp3) is 0.423. The lowest BCUT2D eigenvalue weighted by Gasteiger charge is -2.28. The van der Waals surface area contributed by atoms with E-state index in [9.17, 15) is 14.4 Å². The normalized spacial score (nSPS) is 22.2. The summed E-state index contributed by atoms with van der Waals surface area (Å²) in [6.07, 6.45) is 2.44. The molecule has 3 amide bonds. The van der Waals surface area contributed by atoms with Gasteiger partial charge in [-0.1, -0.05) is 11.6 Å². The number of anilines is 1. The standard InChI is InChI=1S/C26H30ClN5O5/c1-14-9-18-20(29-14)10-17-16-11-22(19(27)12-21(16)31-24(17)33)36-7-8-37-23(13-32(2)26(18)35)25(34)30-15-3-5-28-6-4-15/h9-12,15,23,28-29H,3-8,13H2,1-2H3,(H,30,34)(H,31,33)/b17-10-/t23-/m1/s1. The molecule has 0 saturated carbocycles. The van der Waals surface area contributed by atoms with Gasteiger partial charge in [-0.3, -0.25) is 14.4 Å². The van der Waals surface area contributed by atoms with Crippen LogP contribution in [0.15, 0.2) is 18.2 Å². The Bertz CT molecular complexity index is 1270. The lowest BCUT2D eigenvalue weighted by molar-refractivity contribution is -0.135. The maximum atomic E-state index is 13.5. The monoisotopic (exact) mass is 527 g/mol. The van der Waals surface area contributed by atoms with Crippen molar-refractivity contribution in [1.82, 2.24) is 20.5 Å². The summed E-state index contributed by atoms with van der Waals surface area (Å²) in [6.45, 7) is 3.81. The molecule has 196 valence electrons. The van der Waals surface area contributed by atoms with Crippen LogP contribution in [0.4, 0.5) is 5.69 Å². The smallest absolute Gasteiger partial charge is 0.256 e. The van der Waals surface area contributed by atoms with E-state index >= 15 is 0 Å². The first kappa shape index (κ1) is 25.3. The van der Waals surface area contributed by atoms with Crippen molar-refractivity contribution >= 4 is 46.7 Å². The number of nitrogens with zero attached hydrogens (tertiary/aromatic N) is 1. The van der Waals surface area contributed by atoms with Crippen molar-refractivity contribution in [3.8, 4) is 5.75 Å². The van der Waals surface area contributed by atoms with Crippen LogP contribution in [0.3, 0.4) is 0 Å². The minimum Gasteiger partial charge on any atom is -0.490 e. The van der Waals surface area contributed by atoms with E-state index in [0.29, 0.717) is 38.9 Å². The zero-order valence-corrected chi connectivity index (χ0v) is 21.5. The fourth-order valence-corrected chi connectivity index (χ4v) is 5.06. The zero-order chi connectivity index (χ0) is 26.1. The third kappa shape index (κ3) is 5.36. The van der Waals surface area contributed by atoms with E-state index < -0.39 is 6.10 Å². The first-order chi connectivity index (χ1) is 17.8. The largest absolute Gasteiger partial charge is 0.490 e. The molecule has 11 heteroatoms. The first-order valence-corrected chi connectivity index (χ1v) is 12.8. The van der Waals surface area contributed by atoms with Gasteiger partial charge in [0.05, 0.1) is 40.7 Å². The average Bonchev–Trinajstić information content (AvgIpc) is 3.38. The summed E-state index contributed by atoms with van der Waals surface area (Å²) in [6, 6.07) is 5.13. The van der Waals surface area contributed by atoms with Gasteiger partial charge in [-0.05, 0) is 57.1 Å². The SMILES string of the molecule is Cc1cc2c([nH]1)/C=C1\C(=O)Nc3cc(Cl)c(cc31)OCCO[C@@H](C(=O)NC1CCNCC1)CN(C)C2=O. The average molecular weight is 528 g/mol. The highest BCUT2D eigenvalue weighted by Crippen LogP contribution is 2.40. The third-order valence-corrected chi connectivity index (χ3v) is 7.08. The summed E-state index contributed by atoms with van der Waals surface area (Å²) in [5.74, 6) is -0.460. The van der Waals surface area contributed by atoms with Crippen molar-refractivity contribution in [3.63, 3.8) is 0 Å². The number of carbonyl (C=O) groups is 3. The summed E-state index contributed by atoms with van der Waals surface area (Å²) < 4.78 is 11.8. The van der Waals surface area contributed by atoms with Gasteiger partial charge in [-0.15, -0.1) is 0 Å². The summed E-state index contributed by atoms with van der Waals surface area (Å²) >= 11 is 6.40. The number of amides is 3. The topological polar surface area (TPSA) is 125 Å². The minimum absolute atomic E-state index is 0.0506. The van der Waals surface area contributed by atoms with Crippen LogP contribution in [-0.4, -0.2) is 79.6 Å². The van der Waals surface area contributed by atoms with Crippen molar-refractivity contribution in [2.24, 2.45) is 0 Å². The Balaban J connectivity index is 1.48. The minimum atomic E-state index is -0.884. The molecule has 4 heterocycles. The molecule has 0 radical (unpaired) electrons. The lowest BCUT2D eigenvalue weighted by atomic mass is 10.0. The second-order valence-corrected chi connectivity index (χ2v) is 9.95.